The zero-order valence-corrected chi connectivity index (χ0v) is 13.1. The maximum atomic E-state index is 12.5. The van der Waals surface area contributed by atoms with Gasteiger partial charge in [-0.1, -0.05) is 18.7 Å². The van der Waals surface area contributed by atoms with E-state index in [1.807, 2.05) is 23.1 Å². The Kier molecular flexibility index (Phi) is 3.29. The van der Waals surface area contributed by atoms with Gasteiger partial charge < -0.3 is 10.3 Å². The lowest BCUT2D eigenvalue weighted by Crippen LogP contribution is -2.31. The van der Waals surface area contributed by atoms with Gasteiger partial charge in [0.15, 0.2) is 5.78 Å². The second-order valence-corrected chi connectivity index (χ2v) is 6.67. The number of fused-ring (bicyclic) bond motifs is 1. The van der Waals surface area contributed by atoms with Crippen LogP contribution in [-0.4, -0.2) is 31.3 Å². The standard InChI is InChI=1S/C15H17N5OS/c1-2-22-15-18-14-17-10-4-3-5-11(21)12(10)13(20(14)19-15)9-6-7-16-8-9/h6-8,13,16H,2-5H2,1H3,(H,17,18,19). The summed E-state index contributed by atoms with van der Waals surface area (Å²) in [6.45, 7) is 2.08. The lowest BCUT2D eigenvalue weighted by Gasteiger charge is -2.31. The second-order valence-electron chi connectivity index (χ2n) is 5.44. The van der Waals surface area contributed by atoms with Crippen LogP contribution in [0.5, 0.6) is 0 Å². The number of aromatic amines is 1. The van der Waals surface area contributed by atoms with E-state index in [1.165, 1.54) is 0 Å². The Bertz CT molecular complexity index is 746. The number of allylic oxidation sites excluding steroid dienone is 2. The number of ketones is 1. The topological polar surface area (TPSA) is 75.6 Å². The number of hydrogen-bond acceptors (Lipinski definition) is 5. The van der Waals surface area contributed by atoms with E-state index in [2.05, 4.69) is 27.3 Å². The summed E-state index contributed by atoms with van der Waals surface area (Å²) in [5.41, 5.74) is 2.90. The van der Waals surface area contributed by atoms with Crippen LogP contribution in [0.15, 0.2) is 34.9 Å². The predicted octanol–water partition coefficient (Wildman–Crippen LogP) is 2.74. The first-order valence-corrected chi connectivity index (χ1v) is 8.51. The predicted molar refractivity (Wildman–Crippen MR) is 84.9 cm³/mol. The van der Waals surface area contributed by atoms with Crippen molar-refractivity contribution in [3.05, 3.63) is 35.3 Å². The molecule has 1 aliphatic heterocycles. The highest BCUT2D eigenvalue weighted by molar-refractivity contribution is 7.99. The van der Waals surface area contributed by atoms with Gasteiger partial charge >= 0.3 is 0 Å². The molecule has 0 fully saturated rings. The molecule has 2 N–H and O–H groups in total. The zero-order chi connectivity index (χ0) is 15.1. The first-order valence-electron chi connectivity index (χ1n) is 7.53. The molecule has 7 heteroatoms. The normalized spacial score (nSPS) is 20.6. The number of thioether (sulfide) groups is 1. The maximum absolute atomic E-state index is 12.5. The van der Waals surface area contributed by atoms with Crippen LogP contribution in [0, 0.1) is 0 Å². The second kappa shape index (κ2) is 5.31. The van der Waals surface area contributed by atoms with Crippen molar-refractivity contribution in [2.75, 3.05) is 11.1 Å². The molecular weight excluding hydrogens is 298 g/mol. The smallest absolute Gasteiger partial charge is 0.227 e. The molecular formula is C15H17N5OS. The van der Waals surface area contributed by atoms with E-state index in [0.717, 1.165) is 46.5 Å². The summed E-state index contributed by atoms with van der Waals surface area (Å²) in [6.07, 6.45) is 6.21. The molecule has 1 unspecified atom stereocenters. The monoisotopic (exact) mass is 315 g/mol. The molecule has 0 saturated carbocycles. The molecule has 2 aromatic heterocycles. The Labute approximate surface area is 132 Å². The summed E-state index contributed by atoms with van der Waals surface area (Å²) in [4.78, 5) is 20.1. The molecule has 22 heavy (non-hydrogen) atoms. The Morgan fingerprint density at radius 2 is 2.36 bits per heavy atom. The van der Waals surface area contributed by atoms with Gasteiger partial charge in [0.1, 0.15) is 6.04 Å². The molecule has 3 heterocycles. The van der Waals surface area contributed by atoms with Crippen molar-refractivity contribution in [2.24, 2.45) is 0 Å². The van der Waals surface area contributed by atoms with Crippen LogP contribution in [0.2, 0.25) is 0 Å². The lowest BCUT2D eigenvalue weighted by atomic mass is 9.86. The lowest BCUT2D eigenvalue weighted by molar-refractivity contribution is -0.116. The van der Waals surface area contributed by atoms with E-state index < -0.39 is 0 Å². The SMILES string of the molecule is CCSc1nc2n(n1)C(c1cc[nH]c1)C1=C(CCCC1=O)N2. The van der Waals surface area contributed by atoms with E-state index in [4.69, 9.17) is 0 Å². The van der Waals surface area contributed by atoms with E-state index >= 15 is 0 Å². The van der Waals surface area contributed by atoms with Gasteiger partial charge in [-0.3, -0.25) is 4.79 Å². The molecule has 0 bridgehead atoms. The molecule has 0 spiro atoms. The highest BCUT2D eigenvalue weighted by Gasteiger charge is 2.36. The summed E-state index contributed by atoms with van der Waals surface area (Å²) in [6, 6.07) is 1.82. The Balaban J connectivity index is 1.86. The molecule has 0 radical (unpaired) electrons. The molecule has 0 amide bonds. The molecule has 1 atom stereocenters. The molecule has 4 rings (SSSR count). The van der Waals surface area contributed by atoms with Crippen molar-refractivity contribution in [1.29, 1.82) is 0 Å². The average Bonchev–Trinajstić information content (AvgIpc) is 3.14. The third-order valence-electron chi connectivity index (χ3n) is 4.06. The number of Topliss-reactive ketones (excluding diaryl/α,β-unsaturated/α-hetero) is 1. The van der Waals surface area contributed by atoms with Gasteiger partial charge in [-0.2, -0.15) is 4.98 Å². The van der Waals surface area contributed by atoms with E-state index in [1.54, 1.807) is 11.8 Å². The largest absolute Gasteiger partial charge is 0.367 e. The van der Waals surface area contributed by atoms with Crippen molar-refractivity contribution < 1.29 is 4.79 Å². The molecule has 6 nitrogen and oxygen atoms in total. The fourth-order valence-corrected chi connectivity index (χ4v) is 3.70. The first kappa shape index (κ1) is 13.6. The summed E-state index contributed by atoms with van der Waals surface area (Å²) in [5.74, 6) is 1.87. The minimum Gasteiger partial charge on any atom is -0.367 e. The third-order valence-corrected chi connectivity index (χ3v) is 4.78. The number of carbonyl (C=O) groups is 1. The maximum Gasteiger partial charge on any atom is 0.227 e. The van der Waals surface area contributed by atoms with E-state index in [-0.39, 0.29) is 11.8 Å². The summed E-state index contributed by atoms with van der Waals surface area (Å²) >= 11 is 1.61. The number of nitrogens with one attached hydrogen (secondary N) is 2. The van der Waals surface area contributed by atoms with Crippen molar-refractivity contribution in [3.63, 3.8) is 0 Å². The number of rotatable bonds is 3. The molecule has 2 aliphatic rings. The number of aromatic nitrogens is 4. The van der Waals surface area contributed by atoms with Gasteiger partial charge in [-0.05, 0) is 30.2 Å². The number of hydrogen-bond donors (Lipinski definition) is 2. The van der Waals surface area contributed by atoms with E-state index in [9.17, 15) is 4.79 Å². The molecule has 1 aliphatic carbocycles. The van der Waals surface area contributed by atoms with Gasteiger partial charge in [0.05, 0.1) is 0 Å². The van der Waals surface area contributed by atoms with Gasteiger partial charge in [0.25, 0.3) is 0 Å². The van der Waals surface area contributed by atoms with Crippen LogP contribution in [0.3, 0.4) is 0 Å². The molecule has 0 aromatic carbocycles. The highest BCUT2D eigenvalue weighted by atomic mass is 32.2. The van der Waals surface area contributed by atoms with Crippen LogP contribution in [0.25, 0.3) is 0 Å². The van der Waals surface area contributed by atoms with Gasteiger partial charge in [-0.15, -0.1) is 5.10 Å². The van der Waals surface area contributed by atoms with Crippen LogP contribution in [0.4, 0.5) is 5.95 Å². The van der Waals surface area contributed by atoms with Crippen LogP contribution in [-0.2, 0) is 4.79 Å². The molecule has 2 aromatic rings. The minimum atomic E-state index is -0.177. The van der Waals surface area contributed by atoms with Gasteiger partial charge in [0.2, 0.25) is 11.1 Å². The zero-order valence-electron chi connectivity index (χ0n) is 12.3. The van der Waals surface area contributed by atoms with Crippen molar-refractivity contribution in [1.82, 2.24) is 19.7 Å². The summed E-state index contributed by atoms with van der Waals surface area (Å²) in [5, 5.41) is 8.68. The Morgan fingerprint density at radius 1 is 1.45 bits per heavy atom. The van der Waals surface area contributed by atoms with Gasteiger partial charge in [0, 0.05) is 30.1 Å². The van der Waals surface area contributed by atoms with E-state index in [0.29, 0.717) is 6.42 Å². The highest BCUT2D eigenvalue weighted by Crippen LogP contribution is 2.40. The van der Waals surface area contributed by atoms with Crippen LogP contribution < -0.4 is 5.32 Å². The number of carbonyl (C=O) groups excluding carboxylic acids is 1. The first-order chi connectivity index (χ1) is 10.8. The van der Waals surface area contributed by atoms with Crippen molar-refractivity contribution in [3.8, 4) is 0 Å². The Morgan fingerprint density at radius 3 is 3.14 bits per heavy atom. The number of anilines is 1. The fourth-order valence-electron chi connectivity index (χ4n) is 3.14. The summed E-state index contributed by atoms with van der Waals surface area (Å²) < 4.78 is 1.85. The molecule has 0 saturated heterocycles. The third kappa shape index (κ3) is 2.08. The van der Waals surface area contributed by atoms with Crippen LogP contribution in [0.1, 0.15) is 37.8 Å². The minimum absolute atomic E-state index is 0.177. The number of nitrogens with zero attached hydrogens (tertiary/aromatic N) is 3. The number of H-pyrrole nitrogens is 1. The molecule has 114 valence electrons. The van der Waals surface area contributed by atoms with Gasteiger partial charge in [-0.25, -0.2) is 4.68 Å². The average molecular weight is 315 g/mol. The quantitative estimate of drug-likeness (QED) is 0.852. The Hall–Kier alpha value is -2.02. The van der Waals surface area contributed by atoms with Crippen LogP contribution >= 0.6 is 11.8 Å². The summed E-state index contributed by atoms with van der Waals surface area (Å²) in [7, 11) is 0. The van der Waals surface area contributed by atoms with Crippen molar-refractivity contribution >= 4 is 23.5 Å². The van der Waals surface area contributed by atoms with Crippen molar-refractivity contribution in [2.45, 2.75) is 37.4 Å². The fraction of sp³-hybridized carbons (Fsp3) is 0.400.